The molecule has 0 aliphatic carbocycles. The molecular formula is C15H18Br2N2O4S. The number of nitrogens with zero attached hydrogens (tertiary/aromatic N) is 2. The van der Waals surface area contributed by atoms with Crippen molar-refractivity contribution in [3.05, 3.63) is 27.1 Å². The Morgan fingerprint density at radius 3 is 2.54 bits per heavy atom. The molecule has 1 unspecified atom stereocenters. The Morgan fingerprint density at radius 1 is 1.17 bits per heavy atom. The van der Waals surface area contributed by atoms with E-state index >= 15 is 0 Å². The Bertz CT molecular complexity index is 735. The van der Waals surface area contributed by atoms with Gasteiger partial charge in [-0.1, -0.05) is 15.9 Å². The first-order valence-corrected chi connectivity index (χ1v) is 10.8. The van der Waals surface area contributed by atoms with E-state index in [1.165, 1.54) is 4.31 Å². The zero-order chi connectivity index (χ0) is 17.3. The lowest BCUT2D eigenvalue weighted by Gasteiger charge is -2.32. The number of ether oxygens (including phenoxy) is 1. The van der Waals surface area contributed by atoms with Gasteiger partial charge in [-0.2, -0.15) is 4.31 Å². The minimum absolute atomic E-state index is 0.118. The molecule has 0 radical (unpaired) electrons. The molecule has 2 fully saturated rings. The molecule has 9 heteroatoms. The Morgan fingerprint density at radius 2 is 1.88 bits per heavy atom. The number of amides is 1. The summed E-state index contributed by atoms with van der Waals surface area (Å²) in [6, 6.07) is 4.32. The second kappa shape index (κ2) is 7.41. The van der Waals surface area contributed by atoms with Crippen molar-refractivity contribution in [1.29, 1.82) is 0 Å². The summed E-state index contributed by atoms with van der Waals surface area (Å²) in [5, 5.41) is 0. The standard InChI is InChI=1S/C15H18Br2N2O4S/c16-11-3-4-14(12(17)10-11)24(21,22)19-5-1-2-13(19)15(20)18-6-8-23-9-7-18/h3-4,10,13H,1-2,5-9H2. The van der Waals surface area contributed by atoms with Gasteiger partial charge in [-0.05, 0) is 47.0 Å². The molecule has 132 valence electrons. The summed E-state index contributed by atoms with van der Waals surface area (Å²) in [6.07, 6.45) is 1.25. The van der Waals surface area contributed by atoms with E-state index in [1.54, 1.807) is 23.1 Å². The number of morpholine rings is 1. The number of hydrogen-bond acceptors (Lipinski definition) is 4. The van der Waals surface area contributed by atoms with Crippen molar-refractivity contribution in [2.45, 2.75) is 23.8 Å². The van der Waals surface area contributed by atoms with Crippen LogP contribution in [-0.2, 0) is 19.6 Å². The average molecular weight is 482 g/mol. The normalized spacial score (nSPS) is 22.8. The summed E-state index contributed by atoms with van der Waals surface area (Å²) in [7, 11) is -3.73. The molecule has 1 amide bonds. The van der Waals surface area contributed by atoms with Crippen molar-refractivity contribution in [2.24, 2.45) is 0 Å². The van der Waals surface area contributed by atoms with Crippen molar-refractivity contribution in [1.82, 2.24) is 9.21 Å². The summed E-state index contributed by atoms with van der Waals surface area (Å²) < 4.78 is 34.0. The molecule has 0 N–H and O–H groups in total. The van der Waals surface area contributed by atoms with Gasteiger partial charge in [0, 0.05) is 28.6 Å². The van der Waals surface area contributed by atoms with E-state index in [1.807, 2.05) is 0 Å². The molecule has 2 aliphatic heterocycles. The van der Waals surface area contributed by atoms with Gasteiger partial charge in [0.15, 0.2) is 0 Å². The number of hydrogen-bond donors (Lipinski definition) is 0. The lowest BCUT2D eigenvalue weighted by atomic mass is 10.2. The van der Waals surface area contributed by atoms with Gasteiger partial charge in [-0.25, -0.2) is 8.42 Å². The molecule has 1 atom stereocenters. The van der Waals surface area contributed by atoms with Gasteiger partial charge in [-0.15, -0.1) is 0 Å². The molecule has 0 bridgehead atoms. The van der Waals surface area contributed by atoms with Crippen LogP contribution in [0.5, 0.6) is 0 Å². The van der Waals surface area contributed by atoms with Crippen LogP contribution >= 0.6 is 31.9 Å². The molecule has 0 saturated carbocycles. The molecule has 0 spiro atoms. The first kappa shape index (κ1) is 18.3. The molecular weight excluding hydrogens is 464 g/mol. The second-order valence-corrected chi connectivity index (χ2v) is 9.42. The number of carbonyl (C=O) groups is 1. The highest BCUT2D eigenvalue weighted by Crippen LogP contribution is 2.32. The molecule has 24 heavy (non-hydrogen) atoms. The van der Waals surface area contributed by atoms with Crippen molar-refractivity contribution in [3.8, 4) is 0 Å². The van der Waals surface area contributed by atoms with Crippen LogP contribution in [0, 0.1) is 0 Å². The fraction of sp³-hybridized carbons (Fsp3) is 0.533. The Balaban J connectivity index is 1.87. The molecule has 2 heterocycles. The highest BCUT2D eigenvalue weighted by atomic mass is 79.9. The van der Waals surface area contributed by atoms with Gasteiger partial charge in [0.1, 0.15) is 6.04 Å². The van der Waals surface area contributed by atoms with Gasteiger partial charge in [0.2, 0.25) is 15.9 Å². The summed E-state index contributed by atoms with van der Waals surface area (Å²) in [6.45, 7) is 2.41. The van der Waals surface area contributed by atoms with E-state index in [0.717, 1.165) is 4.47 Å². The van der Waals surface area contributed by atoms with Crippen molar-refractivity contribution < 1.29 is 17.9 Å². The SMILES string of the molecule is O=C(C1CCCN1S(=O)(=O)c1ccc(Br)cc1Br)N1CCOCC1. The van der Waals surface area contributed by atoms with E-state index in [-0.39, 0.29) is 10.8 Å². The van der Waals surface area contributed by atoms with Gasteiger partial charge < -0.3 is 9.64 Å². The quantitative estimate of drug-likeness (QED) is 0.663. The van der Waals surface area contributed by atoms with Crippen molar-refractivity contribution in [3.63, 3.8) is 0 Å². The largest absolute Gasteiger partial charge is 0.378 e. The molecule has 1 aromatic carbocycles. The fourth-order valence-electron chi connectivity index (χ4n) is 3.08. The van der Waals surface area contributed by atoms with Crippen LogP contribution < -0.4 is 0 Å². The smallest absolute Gasteiger partial charge is 0.244 e. The Hall–Kier alpha value is -0.480. The lowest BCUT2D eigenvalue weighted by molar-refractivity contribution is -0.138. The molecule has 3 rings (SSSR count). The minimum Gasteiger partial charge on any atom is -0.378 e. The van der Waals surface area contributed by atoms with Crippen LogP contribution in [0.1, 0.15) is 12.8 Å². The van der Waals surface area contributed by atoms with E-state index in [4.69, 9.17) is 4.74 Å². The topological polar surface area (TPSA) is 66.9 Å². The second-order valence-electron chi connectivity index (χ2n) is 5.79. The summed E-state index contributed by atoms with van der Waals surface area (Å²) in [4.78, 5) is 14.7. The van der Waals surface area contributed by atoms with Crippen LogP contribution in [-0.4, -0.2) is 62.4 Å². The van der Waals surface area contributed by atoms with E-state index in [2.05, 4.69) is 31.9 Å². The number of rotatable bonds is 3. The van der Waals surface area contributed by atoms with Crippen molar-refractivity contribution in [2.75, 3.05) is 32.8 Å². The summed E-state index contributed by atoms with van der Waals surface area (Å²) >= 11 is 6.64. The maximum Gasteiger partial charge on any atom is 0.244 e. The maximum atomic E-state index is 13.0. The molecule has 0 aromatic heterocycles. The Kier molecular flexibility index (Phi) is 5.65. The number of benzene rings is 1. The average Bonchev–Trinajstić information content (AvgIpc) is 3.05. The van der Waals surface area contributed by atoms with Crippen LogP contribution in [0.25, 0.3) is 0 Å². The predicted octanol–water partition coefficient (Wildman–Crippen LogP) is 2.22. The highest BCUT2D eigenvalue weighted by molar-refractivity contribution is 9.11. The van der Waals surface area contributed by atoms with Gasteiger partial charge in [0.25, 0.3) is 0 Å². The van der Waals surface area contributed by atoms with Crippen LogP contribution in [0.15, 0.2) is 32.0 Å². The number of carbonyl (C=O) groups excluding carboxylic acids is 1. The third kappa shape index (κ3) is 3.55. The number of sulfonamides is 1. The zero-order valence-corrected chi connectivity index (χ0v) is 16.9. The van der Waals surface area contributed by atoms with Gasteiger partial charge in [-0.3, -0.25) is 4.79 Å². The number of halogens is 2. The highest BCUT2D eigenvalue weighted by Gasteiger charge is 2.41. The lowest BCUT2D eigenvalue weighted by Crippen LogP contribution is -2.51. The molecule has 2 saturated heterocycles. The summed E-state index contributed by atoms with van der Waals surface area (Å²) in [5.41, 5.74) is 0. The molecule has 1 aromatic rings. The van der Waals surface area contributed by atoms with Crippen LogP contribution in [0.3, 0.4) is 0 Å². The monoisotopic (exact) mass is 480 g/mol. The van der Waals surface area contributed by atoms with E-state index in [9.17, 15) is 13.2 Å². The van der Waals surface area contributed by atoms with Gasteiger partial charge in [0.05, 0.1) is 18.1 Å². The third-order valence-electron chi connectivity index (χ3n) is 4.29. The zero-order valence-electron chi connectivity index (χ0n) is 13.0. The first-order valence-electron chi connectivity index (χ1n) is 7.74. The third-order valence-corrected chi connectivity index (χ3v) is 7.67. The minimum atomic E-state index is -3.73. The van der Waals surface area contributed by atoms with Crippen molar-refractivity contribution >= 4 is 47.8 Å². The van der Waals surface area contributed by atoms with Crippen LogP contribution in [0.2, 0.25) is 0 Å². The predicted molar refractivity (Wildman–Crippen MR) is 96.2 cm³/mol. The molecule has 2 aliphatic rings. The van der Waals surface area contributed by atoms with E-state index < -0.39 is 16.1 Å². The summed E-state index contributed by atoms with van der Waals surface area (Å²) in [5.74, 6) is -0.118. The van der Waals surface area contributed by atoms with Gasteiger partial charge >= 0.3 is 0 Å². The fourth-order valence-corrected chi connectivity index (χ4v) is 6.44. The molecule has 6 nitrogen and oxygen atoms in total. The van der Waals surface area contributed by atoms with E-state index in [0.29, 0.717) is 50.2 Å². The van der Waals surface area contributed by atoms with Crippen LogP contribution in [0.4, 0.5) is 0 Å². The first-order chi connectivity index (χ1) is 11.4. The Labute approximate surface area is 158 Å². The maximum absolute atomic E-state index is 13.0.